The number of allylic oxidation sites excluding steroid dienone is 1. The highest BCUT2D eigenvalue weighted by Gasteiger charge is 2.13. The van der Waals surface area contributed by atoms with Crippen molar-refractivity contribution in [1.29, 1.82) is 5.26 Å². The van der Waals surface area contributed by atoms with Gasteiger partial charge in [-0.1, -0.05) is 12.1 Å². The molecular weight excluding hydrogens is 302 g/mol. The summed E-state index contributed by atoms with van der Waals surface area (Å²) in [5.74, 6) is 1.98. The van der Waals surface area contributed by atoms with Crippen molar-refractivity contribution >= 4 is 22.7 Å². The van der Waals surface area contributed by atoms with E-state index in [2.05, 4.69) is 11.1 Å². The molecule has 3 aromatic rings. The second-order valence-electron chi connectivity index (χ2n) is 5.26. The number of aryl methyl sites for hydroxylation is 1. The van der Waals surface area contributed by atoms with Crippen molar-refractivity contribution in [3.8, 4) is 17.6 Å². The van der Waals surface area contributed by atoms with Crippen LogP contribution >= 0.6 is 0 Å². The number of ether oxygens (including phenoxy) is 2. The quantitative estimate of drug-likeness (QED) is 0.689. The minimum Gasteiger partial charge on any atom is -0.497 e. The molecule has 0 aliphatic rings. The van der Waals surface area contributed by atoms with E-state index in [1.165, 1.54) is 0 Å². The molecule has 1 heterocycles. The smallest absolute Gasteiger partial charge is 0.151 e. The maximum atomic E-state index is 9.64. The number of nitrogens with zero attached hydrogens (tertiary/aromatic N) is 3. The third-order valence-electron chi connectivity index (χ3n) is 3.89. The van der Waals surface area contributed by atoms with Crippen LogP contribution in [-0.4, -0.2) is 23.8 Å². The standard InChI is InChI=1S/C19H17N3O2/c1-22-17-7-5-4-6-16(17)21-19(22)14(12-20)10-13-11-15(23-2)8-9-18(13)24-3/h4-11H,1-3H3/b14-10+. The van der Waals surface area contributed by atoms with E-state index in [1.54, 1.807) is 20.3 Å². The normalized spacial score (nSPS) is 11.3. The van der Waals surface area contributed by atoms with Crippen molar-refractivity contribution < 1.29 is 9.47 Å². The van der Waals surface area contributed by atoms with E-state index in [4.69, 9.17) is 9.47 Å². The average Bonchev–Trinajstić information content (AvgIpc) is 2.96. The highest BCUT2D eigenvalue weighted by atomic mass is 16.5. The monoisotopic (exact) mass is 319 g/mol. The van der Waals surface area contributed by atoms with E-state index >= 15 is 0 Å². The fourth-order valence-electron chi connectivity index (χ4n) is 2.64. The van der Waals surface area contributed by atoms with Crippen molar-refractivity contribution in [2.24, 2.45) is 7.05 Å². The third kappa shape index (κ3) is 2.70. The summed E-state index contributed by atoms with van der Waals surface area (Å²) in [6, 6.07) is 15.5. The lowest BCUT2D eigenvalue weighted by atomic mass is 10.1. The molecule has 5 nitrogen and oxygen atoms in total. The summed E-state index contributed by atoms with van der Waals surface area (Å²) in [6.45, 7) is 0. The van der Waals surface area contributed by atoms with Crippen molar-refractivity contribution in [3.05, 3.63) is 53.9 Å². The molecule has 0 saturated heterocycles. The first-order valence-corrected chi connectivity index (χ1v) is 7.43. The average molecular weight is 319 g/mol. The number of hydrogen-bond donors (Lipinski definition) is 0. The van der Waals surface area contributed by atoms with Gasteiger partial charge in [-0.2, -0.15) is 5.26 Å². The number of rotatable bonds is 4. The molecule has 0 bridgehead atoms. The molecule has 0 spiro atoms. The predicted molar refractivity (Wildman–Crippen MR) is 93.7 cm³/mol. The molecule has 1 aromatic heterocycles. The van der Waals surface area contributed by atoms with Gasteiger partial charge in [0.05, 0.1) is 30.8 Å². The maximum absolute atomic E-state index is 9.64. The summed E-state index contributed by atoms with van der Waals surface area (Å²) in [4.78, 5) is 4.58. The third-order valence-corrected chi connectivity index (χ3v) is 3.89. The van der Waals surface area contributed by atoms with Crippen molar-refractivity contribution in [2.75, 3.05) is 14.2 Å². The molecular formula is C19H17N3O2. The highest BCUT2D eigenvalue weighted by molar-refractivity contribution is 5.91. The molecule has 0 atom stereocenters. The van der Waals surface area contributed by atoms with E-state index < -0.39 is 0 Å². The van der Waals surface area contributed by atoms with Crippen molar-refractivity contribution in [3.63, 3.8) is 0 Å². The van der Waals surface area contributed by atoms with Crippen LogP contribution in [0.1, 0.15) is 11.4 Å². The fourth-order valence-corrected chi connectivity index (χ4v) is 2.64. The van der Waals surface area contributed by atoms with Crippen LogP contribution in [-0.2, 0) is 7.05 Å². The van der Waals surface area contributed by atoms with Gasteiger partial charge in [0.15, 0.2) is 5.82 Å². The first kappa shape index (κ1) is 15.6. The molecule has 0 fully saturated rings. The Morgan fingerprint density at radius 1 is 1.17 bits per heavy atom. The van der Waals surface area contributed by atoms with Crippen LogP contribution in [0.25, 0.3) is 22.7 Å². The second kappa shape index (κ2) is 6.47. The Kier molecular flexibility index (Phi) is 4.21. The first-order valence-electron chi connectivity index (χ1n) is 7.43. The lowest BCUT2D eigenvalue weighted by molar-refractivity contribution is 0.402. The zero-order valence-corrected chi connectivity index (χ0v) is 13.8. The Labute approximate surface area is 140 Å². The second-order valence-corrected chi connectivity index (χ2v) is 5.26. The molecule has 3 rings (SSSR count). The van der Waals surface area contributed by atoms with Crippen molar-refractivity contribution in [2.45, 2.75) is 0 Å². The number of fused-ring (bicyclic) bond motifs is 1. The van der Waals surface area contributed by atoms with E-state index in [1.807, 2.05) is 54.1 Å². The molecule has 0 aliphatic heterocycles. The Balaban J connectivity index is 2.16. The molecule has 0 saturated carbocycles. The first-order chi connectivity index (χ1) is 11.7. The number of imidazole rings is 1. The van der Waals surface area contributed by atoms with Gasteiger partial charge < -0.3 is 14.0 Å². The zero-order chi connectivity index (χ0) is 17.1. The Bertz CT molecular complexity index is 964. The van der Waals surface area contributed by atoms with Crippen LogP contribution in [0, 0.1) is 11.3 Å². The molecule has 0 amide bonds. The lowest BCUT2D eigenvalue weighted by Gasteiger charge is -2.08. The topological polar surface area (TPSA) is 60.1 Å². The molecule has 2 aromatic carbocycles. The molecule has 24 heavy (non-hydrogen) atoms. The van der Waals surface area contributed by atoms with Crippen LogP contribution in [0.2, 0.25) is 0 Å². The Hall–Kier alpha value is -3.26. The Morgan fingerprint density at radius 2 is 1.96 bits per heavy atom. The maximum Gasteiger partial charge on any atom is 0.151 e. The van der Waals surface area contributed by atoms with Gasteiger partial charge in [0.1, 0.15) is 17.6 Å². The largest absolute Gasteiger partial charge is 0.497 e. The van der Waals surface area contributed by atoms with Crippen LogP contribution in [0.5, 0.6) is 11.5 Å². The van der Waals surface area contributed by atoms with Gasteiger partial charge in [0.25, 0.3) is 0 Å². The number of methoxy groups -OCH3 is 2. The summed E-state index contributed by atoms with van der Waals surface area (Å²) < 4.78 is 12.6. The van der Waals surface area contributed by atoms with E-state index in [-0.39, 0.29) is 0 Å². The number of nitriles is 1. The SMILES string of the molecule is COc1ccc(OC)c(/C=C(\C#N)c2nc3ccccc3n2C)c1. The summed E-state index contributed by atoms with van der Waals surface area (Å²) in [5.41, 5.74) is 3.06. The highest BCUT2D eigenvalue weighted by Crippen LogP contribution is 2.29. The molecule has 120 valence electrons. The van der Waals surface area contributed by atoms with Gasteiger partial charge >= 0.3 is 0 Å². The van der Waals surface area contributed by atoms with Gasteiger partial charge in [-0.3, -0.25) is 0 Å². The number of aromatic nitrogens is 2. The number of hydrogen-bond acceptors (Lipinski definition) is 4. The van der Waals surface area contributed by atoms with Crippen molar-refractivity contribution in [1.82, 2.24) is 9.55 Å². The fraction of sp³-hybridized carbons (Fsp3) is 0.158. The van der Waals surface area contributed by atoms with Crippen LogP contribution < -0.4 is 9.47 Å². The van der Waals surface area contributed by atoms with E-state index in [9.17, 15) is 5.26 Å². The predicted octanol–water partition coefficient (Wildman–Crippen LogP) is 3.65. The Morgan fingerprint density at radius 3 is 2.62 bits per heavy atom. The van der Waals surface area contributed by atoms with E-state index in [0.717, 1.165) is 16.6 Å². The van der Waals surface area contributed by atoms with Gasteiger partial charge in [-0.05, 0) is 36.4 Å². The van der Waals surface area contributed by atoms with Gasteiger partial charge in [0.2, 0.25) is 0 Å². The molecule has 0 radical (unpaired) electrons. The summed E-state index contributed by atoms with van der Waals surface area (Å²) in [5, 5.41) is 9.64. The summed E-state index contributed by atoms with van der Waals surface area (Å²) in [7, 11) is 5.10. The lowest BCUT2D eigenvalue weighted by Crippen LogP contribution is -1.97. The molecule has 0 unspecified atom stereocenters. The van der Waals surface area contributed by atoms with Crippen LogP contribution in [0.4, 0.5) is 0 Å². The zero-order valence-electron chi connectivity index (χ0n) is 13.8. The van der Waals surface area contributed by atoms with Gasteiger partial charge in [0, 0.05) is 12.6 Å². The number of benzene rings is 2. The van der Waals surface area contributed by atoms with Gasteiger partial charge in [-0.15, -0.1) is 0 Å². The van der Waals surface area contributed by atoms with Crippen LogP contribution in [0.3, 0.4) is 0 Å². The van der Waals surface area contributed by atoms with E-state index in [0.29, 0.717) is 22.9 Å². The molecule has 5 heteroatoms. The minimum absolute atomic E-state index is 0.459. The van der Waals surface area contributed by atoms with Gasteiger partial charge in [-0.25, -0.2) is 4.98 Å². The number of para-hydroxylation sites is 2. The molecule has 0 aliphatic carbocycles. The summed E-state index contributed by atoms with van der Waals surface area (Å²) in [6.07, 6.45) is 1.77. The minimum atomic E-state index is 0.459. The van der Waals surface area contributed by atoms with Crippen LogP contribution in [0.15, 0.2) is 42.5 Å². The summed E-state index contributed by atoms with van der Waals surface area (Å²) >= 11 is 0. The molecule has 0 N–H and O–H groups in total.